The second kappa shape index (κ2) is 4.20. The lowest BCUT2D eigenvalue weighted by atomic mass is 10.2. The summed E-state index contributed by atoms with van der Waals surface area (Å²) in [5.74, 6) is 0. The number of amides is 1. The third-order valence-corrected chi connectivity index (χ3v) is 1.47. The molecule has 1 heterocycles. The molecule has 0 bridgehead atoms. The summed E-state index contributed by atoms with van der Waals surface area (Å²) in [6, 6.07) is 0. The SMILES string of the molecule is CC(N=[N+]([O-])C=O)=C1C=CNC=C1. The van der Waals surface area contributed by atoms with E-state index in [4.69, 9.17) is 0 Å². The number of nitrogens with one attached hydrogen (secondary N) is 1. The zero-order chi connectivity index (χ0) is 9.68. The Bertz CT molecular complexity index is 312. The van der Waals surface area contributed by atoms with Crippen LogP contribution in [0.4, 0.5) is 0 Å². The first-order valence-corrected chi connectivity index (χ1v) is 3.67. The lowest BCUT2D eigenvalue weighted by molar-refractivity contribution is -0.431. The van der Waals surface area contributed by atoms with E-state index >= 15 is 0 Å². The van der Waals surface area contributed by atoms with Gasteiger partial charge in [-0.25, -0.2) is 4.79 Å². The van der Waals surface area contributed by atoms with Crippen molar-refractivity contribution in [3.05, 3.63) is 41.0 Å². The number of carbonyl (C=O) groups excluding carboxylic acids is 1. The van der Waals surface area contributed by atoms with Crippen molar-refractivity contribution in [2.75, 3.05) is 0 Å². The van der Waals surface area contributed by atoms with Gasteiger partial charge in [-0.2, -0.15) is 0 Å². The van der Waals surface area contributed by atoms with E-state index in [0.29, 0.717) is 5.70 Å². The molecule has 13 heavy (non-hydrogen) atoms. The molecule has 1 aliphatic rings. The van der Waals surface area contributed by atoms with Crippen LogP contribution in [-0.4, -0.2) is 11.3 Å². The van der Waals surface area contributed by atoms with E-state index < -0.39 is 0 Å². The van der Waals surface area contributed by atoms with Crippen molar-refractivity contribution in [3.8, 4) is 0 Å². The number of hydrogen-bond donors (Lipinski definition) is 1. The van der Waals surface area contributed by atoms with E-state index in [1.807, 2.05) is 0 Å². The Morgan fingerprint density at radius 1 is 1.62 bits per heavy atom. The third-order valence-electron chi connectivity index (χ3n) is 1.47. The second-order valence-corrected chi connectivity index (χ2v) is 2.38. The van der Waals surface area contributed by atoms with Crippen molar-refractivity contribution >= 4 is 6.41 Å². The molecule has 0 saturated carbocycles. The van der Waals surface area contributed by atoms with E-state index in [-0.39, 0.29) is 11.3 Å². The van der Waals surface area contributed by atoms with Gasteiger partial charge in [0.05, 0.1) is 0 Å². The number of nitrogens with zero attached hydrogens (tertiary/aromatic N) is 2. The van der Waals surface area contributed by atoms with Crippen LogP contribution in [0.1, 0.15) is 6.92 Å². The molecule has 1 amide bonds. The first kappa shape index (κ1) is 9.18. The largest absolute Gasteiger partial charge is 0.592 e. The predicted octanol–water partition coefficient (Wildman–Crippen LogP) is 1.01. The van der Waals surface area contributed by atoms with E-state index in [2.05, 4.69) is 10.4 Å². The standard InChI is InChI=1S/C8H9N3O2/c1-7(10-11(13)6-12)8-2-4-9-5-3-8/h2-6,9H,1H3. The van der Waals surface area contributed by atoms with Crippen molar-refractivity contribution in [2.24, 2.45) is 5.11 Å². The number of allylic oxidation sites excluding steroid dienone is 4. The molecule has 68 valence electrons. The lowest BCUT2D eigenvalue weighted by Gasteiger charge is -2.01. The molecular weight excluding hydrogens is 170 g/mol. The maximum absolute atomic E-state index is 10.5. The lowest BCUT2D eigenvalue weighted by Crippen LogP contribution is -2.00. The van der Waals surface area contributed by atoms with E-state index in [1.165, 1.54) is 0 Å². The van der Waals surface area contributed by atoms with Crippen LogP contribution in [0.3, 0.4) is 0 Å². The van der Waals surface area contributed by atoms with Gasteiger partial charge in [-0.3, -0.25) is 0 Å². The molecule has 1 aliphatic heterocycles. The van der Waals surface area contributed by atoms with Crippen molar-refractivity contribution < 1.29 is 9.66 Å². The molecule has 5 nitrogen and oxygen atoms in total. The summed E-state index contributed by atoms with van der Waals surface area (Å²) in [4.78, 5) is 9.96. The van der Waals surface area contributed by atoms with Gasteiger partial charge < -0.3 is 10.5 Å². The summed E-state index contributed by atoms with van der Waals surface area (Å²) in [7, 11) is 0. The summed E-state index contributed by atoms with van der Waals surface area (Å²) in [6.45, 7) is 1.66. The van der Waals surface area contributed by atoms with E-state index in [0.717, 1.165) is 5.57 Å². The number of carbonyl (C=O) groups is 1. The Morgan fingerprint density at radius 3 is 2.77 bits per heavy atom. The first-order valence-electron chi connectivity index (χ1n) is 3.67. The Kier molecular flexibility index (Phi) is 2.97. The Hall–Kier alpha value is -1.91. The van der Waals surface area contributed by atoms with Crippen molar-refractivity contribution in [3.63, 3.8) is 0 Å². The van der Waals surface area contributed by atoms with Crippen molar-refractivity contribution in [1.82, 2.24) is 5.32 Å². The smallest absolute Gasteiger partial charge is 0.411 e. The van der Waals surface area contributed by atoms with Gasteiger partial charge in [-0.1, -0.05) is 0 Å². The van der Waals surface area contributed by atoms with Gasteiger partial charge in [-0.15, -0.1) is 0 Å². The maximum Gasteiger partial charge on any atom is 0.411 e. The molecule has 1 rings (SSSR count). The highest BCUT2D eigenvalue weighted by atomic mass is 16.5. The van der Waals surface area contributed by atoms with Crippen LogP contribution in [-0.2, 0) is 4.79 Å². The van der Waals surface area contributed by atoms with E-state index in [9.17, 15) is 10.0 Å². The highest BCUT2D eigenvalue weighted by molar-refractivity contribution is 5.37. The highest BCUT2D eigenvalue weighted by Crippen LogP contribution is 2.10. The van der Waals surface area contributed by atoms with Crippen LogP contribution in [0, 0.1) is 5.21 Å². The van der Waals surface area contributed by atoms with Gasteiger partial charge in [0.1, 0.15) is 5.70 Å². The highest BCUT2D eigenvalue weighted by Gasteiger charge is 2.00. The van der Waals surface area contributed by atoms with Gasteiger partial charge in [0.25, 0.3) is 0 Å². The summed E-state index contributed by atoms with van der Waals surface area (Å²) in [5.41, 5.74) is 1.29. The molecule has 0 spiro atoms. The number of hydroxylamine groups is 1. The summed E-state index contributed by atoms with van der Waals surface area (Å²) in [5, 5.41) is 16.9. The number of hydrogen-bond acceptors (Lipinski definition) is 4. The van der Waals surface area contributed by atoms with Crippen LogP contribution < -0.4 is 5.32 Å². The normalized spacial score (nSPS) is 15.5. The minimum Gasteiger partial charge on any atom is -0.592 e. The minimum atomic E-state index is -0.00789. The second-order valence-electron chi connectivity index (χ2n) is 2.38. The van der Waals surface area contributed by atoms with Crippen LogP contribution in [0.25, 0.3) is 0 Å². The third kappa shape index (κ3) is 2.55. The number of azo groups is 1. The number of rotatable bonds is 2. The molecule has 0 unspecified atom stereocenters. The van der Waals surface area contributed by atoms with Gasteiger partial charge in [-0.05, 0) is 23.9 Å². The Labute approximate surface area is 75.3 Å². The fourth-order valence-corrected chi connectivity index (χ4v) is 0.857. The zero-order valence-electron chi connectivity index (χ0n) is 7.10. The zero-order valence-corrected chi connectivity index (χ0v) is 7.10. The molecule has 0 aromatic rings. The van der Waals surface area contributed by atoms with Gasteiger partial charge >= 0.3 is 6.41 Å². The average molecular weight is 179 g/mol. The fraction of sp³-hybridized carbons (Fsp3) is 0.125. The summed E-state index contributed by atoms with van der Waals surface area (Å²) < 4.78 is 0. The Balaban J connectivity index is 2.91. The molecule has 0 saturated heterocycles. The summed E-state index contributed by atoms with van der Waals surface area (Å²) in [6.07, 6.45) is 7.06. The van der Waals surface area contributed by atoms with Gasteiger partial charge in [0.15, 0.2) is 0 Å². The average Bonchev–Trinajstić information content (AvgIpc) is 2.19. The Morgan fingerprint density at radius 2 is 2.23 bits per heavy atom. The van der Waals surface area contributed by atoms with Gasteiger partial charge in [0.2, 0.25) is 0 Å². The molecule has 0 aromatic heterocycles. The molecule has 0 aliphatic carbocycles. The van der Waals surface area contributed by atoms with Crippen molar-refractivity contribution in [1.29, 1.82) is 0 Å². The minimum absolute atomic E-state index is 0.00789. The van der Waals surface area contributed by atoms with E-state index in [1.54, 1.807) is 31.5 Å². The molecule has 0 aromatic carbocycles. The molecule has 0 atom stereocenters. The maximum atomic E-state index is 10.5. The molecule has 1 N–H and O–H groups in total. The van der Waals surface area contributed by atoms with Crippen LogP contribution in [0.15, 0.2) is 40.9 Å². The predicted molar refractivity (Wildman–Crippen MR) is 46.2 cm³/mol. The molecule has 0 radical (unpaired) electrons. The van der Waals surface area contributed by atoms with Crippen LogP contribution >= 0.6 is 0 Å². The van der Waals surface area contributed by atoms with Crippen LogP contribution in [0.2, 0.25) is 0 Å². The monoisotopic (exact) mass is 179 g/mol. The summed E-state index contributed by atoms with van der Waals surface area (Å²) >= 11 is 0. The fourth-order valence-electron chi connectivity index (χ4n) is 0.857. The van der Waals surface area contributed by atoms with Crippen LogP contribution in [0.5, 0.6) is 0 Å². The first-order chi connectivity index (χ1) is 6.24. The molecule has 0 fully saturated rings. The molecule has 5 heteroatoms. The quantitative estimate of drug-likeness (QED) is 0.297. The molecular formula is C8H9N3O2. The van der Waals surface area contributed by atoms with Crippen molar-refractivity contribution in [2.45, 2.75) is 6.92 Å². The topological polar surface area (TPSA) is 67.5 Å². The van der Waals surface area contributed by atoms with Gasteiger partial charge in [0, 0.05) is 23.1 Å². The number of dihydropyridines is 1.